The highest BCUT2D eigenvalue weighted by atomic mass is 16.2. The number of hydrogen-bond acceptors (Lipinski definition) is 2. The fraction of sp³-hybridized carbons (Fsp3) is 0.857. The van der Waals surface area contributed by atoms with Gasteiger partial charge in [0.15, 0.2) is 0 Å². The van der Waals surface area contributed by atoms with Gasteiger partial charge in [-0.25, -0.2) is 5.32 Å². The maximum Gasteiger partial charge on any atom is 0.222 e. The summed E-state index contributed by atoms with van der Waals surface area (Å²) in [5.41, 5.74) is 0. The van der Waals surface area contributed by atoms with Crippen molar-refractivity contribution in [1.29, 1.82) is 0 Å². The minimum absolute atomic E-state index is 0.107. The Morgan fingerprint density at radius 3 is 2.42 bits per heavy atom. The van der Waals surface area contributed by atoms with E-state index in [-0.39, 0.29) is 11.8 Å². The van der Waals surface area contributed by atoms with Crippen LogP contribution in [0.1, 0.15) is 32.6 Å². The Kier molecular flexibility index (Phi) is 5.19. The molecule has 0 aromatic rings. The molecule has 2 aliphatic rings. The average molecular weight is 266 g/mol. The summed E-state index contributed by atoms with van der Waals surface area (Å²) in [6.07, 6.45) is 4.00. The molecule has 0 aromatic carbocycles. The molecule has 1 unspecified atom stereocenters. The Balaban J connectivity index is 1.67. The predicted molar refractivity (Wildman–Crippen MR) is 72.7 cm³/mol. The first-order valence-corrected chi connectivity index (χ1v) is 7.33. The molecule has 1 atom stereocenters. The van der Waals surface area contributed by atoms with Crippen LogP contribution in [0.25, 0.3) is 0 Å². The van der Waals surface area contributed by atoms with Gasteiger partial charge < -0.3 is 9.80 Å². The molecular weight excluding hydrogens is 242 g/mol. The molecule has 2 heterocycles. The third-order valence-corrected chi connectivity index (χ3v) is 4.16. The van der Waals surface area contributed by atoms with Crippen molar-refractivity contribution in [2.24, 2.45) is 5.92 Å². The number of piperazine rings is 1. The molecule has 2 fully saturated rings. The minimum Gasteiger partial charge on any atom is -0.339 e. The third-order valence-electron chi connectivity index (χ3n) is 4.16. The Hall–Kier alpha value is -1.10. The van der Waals surface area contributed by atoms with Crippen molar-refractivity contribution >= 4 is 11.8 Å². The van der Waals surface area contributed by atoms with Gasteiger partial charge in [-0.2, -0.15) is 0 Å². The number of nitrogens with zero attached hydrogens (tertiary/aromatic N) is 3. The summed E-state index contributed by atoms with van der Waals surface area (Å²) in [5, 5.41) is 4.41. The van der Waals surface area contributed by atoms with Crippen LogP contribution < -0.4 is 5.32 Å². The van der Waals surface area contributed by atoms with Crippen molar-refractivity contribution in [3.8, 4) is 0 Å². The smallest absolute Gasteiger partial charge is 0.222 e. The molecule has 0 N–H and O–H groups in total. The molecule has 0 spiro atoms. The maximum atomic E-state index is 12.1. The van der Waals surface area contributed by atoms with E-state index in [1.807, 2.05) is 9.80 Å². The van der Waals surface area contributed by atoms with E-state index in [4.69, 9.17) is 0 Å². The van der Waals surface area contributed by atoms with E-state index in [0.29, 0.717) is 38.5 Å². The van der Waals surface area contributed by atoms with Gasteiger partial charge in [-0.1, -0.05) is 0 Å². The molecule has 0 aliphatic carbocycles. The zero-order chi connectivity index (χ0) is 13.7. The quantitative estimate of drug-likeness (QED) is 0.745. The molecule has 2 rings (SSSR count). The number of carbonyl (C=O) groups is 2. The number of hydrogen-bond donors (Lipinski definition) is 0. The van der Waals surface area contributed by atoms with Crippen molar-refractivity contribution in [2.45, 2.75) is 32.6 Å². The van der Waals surface area contributed by atoms with Crippen LogP contribution in [0.2, 0.25) is 0 Å². The molecule has 1 radical (unpaired) electrons. The van der Waals surface area contributed by atoms with Crippen LogP contribution in [0.15, 0.2) is 0 Å². The Labute approximate surface area is 115 Å². The first-order valence-electron chi connectivity index (χ1n) is 7.33. The van der Waals surface area contributed by atoms with Crippen molar-refractivity contribution in [2.75, 3.05) is 39.3 Å². The summed E-state index contributed by atoms with van der Waals surface area (Å²) in [7, 11) is 0. The summed E-state index contributed by atoms with van der Waals surface area (Å²) in [5.74, 6) is 0.959. The third kappa shape index (κ3) is 4.20. The van der Waals surface area contributed by atoms with Gasteiger partial charge in [0.1, 0.15) is 0 Å². The molecule has 2 amide bonds. The lowest BCUT2D eigenvalue weighted by Gasteiger charge is -2.34. The molecule has 0 aromatic heterocycles. The zero-order valence-electron chi connectivity index (χ0n) is 11.8. The molecule has 2 aliphatic heterocycles. The van der Waals surface area contributed by atoms with Gasteiger partial charge in [0.25, 0.3) is 0 Å². The van der Waals surface area contributed by atoms with E-state index < -0.39 is 0 Å². The van der Waals surface area contributed by atoms with Crippen LogP contribution in [0.4, 0.5) is 0 Å². The highest BCUT2D eigenvalue weighted by Gasteiger charge is 2.23. The average Bonchev–Trinajstić information content (AvgIpc) is 2.46. The SMILES string of the molecule is CC(=O)N1CCN(C(=O)CCC2CCC[N]C2)CC1. The number of piperidine rings is 1. The minimum atomic E-state index is 0.107. The largest absolute Gasteiger partial charge is 0.339 e. The van der Waals surface area contributed by atoms with Crippen LogP contribution in [-0.4, -0.2) is 60.9 Å². The van der Waals surface area contributed by atoms with Gasteiger partial charge in [-0.15, -0.1) is 0 Å². The monoisotopic (exact) mass is 266 g/mol. The van der Waals surface area contributed by atoms with Crippen LogP contribution in [-0.2, 0) is 9.59 Å². The van der Waals surface area contributed by atoms with E-state index in [9.17, 15) is 9.59 Å². The van der Waals surface area contributed by atoms with Crippen LogP contribution >= 0.6 is 0 Å². The van der Waals surface area contributed by atoms with E-state index in [2.05, 4.69) is 5.32 Å². The number of rotatable bonds is 3. The Morgan fingerprint density at radius 1 is 1.16 bits per heavy atom. The van der Waals surface area contributed by atoms with Gasteiger partial charge in [-0.05, 0) is 25.2 Å². The van der Waals surface area contributed by atoms with Gasteiger partial charge >= 0.3 is 0 Å². The fourth-order valence-corrected chi connectivity index (χ4v) is 2.85. The van der Waals surface area contributed by atoms with E-state index in [1.54, 1.807) is 6.92 Å². The van der Waals surface area contributed by atoms with Gasteiger partial charge in [-0.3, -0.25) is 9.59 Å². The van der Waals surface area contributed by atoms with E-state index in [0.717, 1.165) is 19.5 Å². The summed E-state index contributed by atoms with van der Waals surface area (Å²) >= 11 is 0. The van der Waals surface area contributed by atoms with Crippen molar-refractivity contribution in [3.63, 3.8) is 0 Å². The van der Waals surface area contributed by atoms with Crippen LogP contribution in [0.5, 0.6) is 0 Å². The van der Waals surface area contributed by atoms with Gasteiger partial charge in [0.05, 0.1) is 0 Å². The Bertz CT molecular complexity index is 319. The fourth-order valence-electron chi connectivity index (χ4n) is 2.85. The summed E-state index contributed by atoms with van der Waals surface area (Å²) in [6, 6.07) is 0. The second-order valence-corrected chi connectivity index (χ2v) is 5.56. The number of amides is 2. The zero-order valence-corrected chi connectivity index (χ0v) is 11.8. The summed E-state index contributed by atoms with van der Waals surface area (Å²) < 4.78 is 0. The lowest BCUT2D eigenvalue weighted by molar-refractivity contribution is -0.138. The first kappa shape index (κ1) is 14.3. The molecule has 107 valence electrons. The van der Waals surface area contributed by atoms with Gasteiger partial charge in [0.2, 0.25) is 11.8 Å². The molecular formula is C14H24N3O2. The van der Waals surface area contributed by atoms with E-state index in [1.165, 1.54) is 12.8 Å². The van der Waals surface area contributed by atoms with Gasteiger partial charge in [0, 0.05) is 52.6 Å². The van der Waals surface area contributed by atoms with Crippen LogP contribution in [0, 0.1) is 5.92 Å². The second-order valence-electron chi connectivity index (χ2n) is 5.56. The highest BCUT2D eigenvalue weighted by molar-refractivity contribution is 5.77. The first-order chi connectivity index (χ1) is 9.16. The molecule has 0 bridgehead atoms. The predicted octanol–water partition coefficient (Wildman–Crippen LogP) is 0.472. The second kappa shape index (κ2) is 6.89. The lowest BCUT2D eigenvalue weighted by Crippen LogP contribution is -2.50. The van der Waals surface area contributed by atoms with E-state index >= 15 is 0 Å². The molecule has 5 heteroatoms. The molecule has 0 saturated carbocycles. The molecule has 2 saturated heterocycles. The normalized spacial score (nSPS) is 24.4. The Morgan fingerprint density at radius 2 is 1.84 bits per heavy atom. The summed E-state index contributed by atoms with van der Waals surface area (Å²) in [4.78, 5) is 27.0. The molecule has 19 heavy (non-hydrogen) atoms. The van der Waals surface area contributed by atoms with Crippen molar-refractivity contribution in [1.82, 2.24) is 15.1 Å². The molecule has 5 nitrogen and oxygen atoms in total. The van der Waals surface area contributed by atoms with Crippen molar-refractivity contribution < 1.29 is 9.59 Å². The number of carbonyl (C=O) groups excluding carboxylic acids is 2. The highest BCUT2D eigenvalue weighted by Crippen LogP contribution is 2.17. The lowest BCUT2D eigenvalue weighted by atomic mass is 9.94. The van der Waals surface area contributed by atoms with Crippen molar-refractivity contribution in [3.05, 3.63) is 0 Å². The maximum absolute atomic E-state index is 12.1. The standard InChI is InChI=1S/C14H24N3O2/c1-12(18)16-7-9-17(10-8-16)14(19)5-4-13-3-2-6-15-11-13/h13H,2-11H2,1H3. The summed E-state index contributed by atoms with van der Waals surface area (Å²) in [6.45, 7) is 6.26. The van der Waals surface area contributed by atoms with Crippen LogP contribution in [0.3, 0.4) is 0 Å². The topological polar surface area (TPSA) is 54.7 Å².